The van der Waals surface area contributed by atoms with E-state index in [-0.39, 0.29) is 6.54 Å². The van der Waals surface area contributed by atoms with Gasteiger partial charge in [-0.3, -0.25) is 0 Å². The molecular weight excluding hydrogens is 240 g/mol. The first-order valence-corrected chi connectivity index (χ1v) is 5.86. The average molecular weight is 256 g/mol. The van der Waals surface area contributed by atoms with Crippen LogP contribution in [0.1, 0.15) is 31.9 Å². The van der Waals surface area contributed by atoms with Crippen molar-refractivity contribution in [3.05, 3.63) is 35.4 Å². The van der Waals surface area contributed by atoms with Gasteiger partial charge in [-0.05, 0) is 39.0 Å². The predicted octanol–water partition coefficient (Wildman–Crippen LogP) is 2.43. The summed E-state index contributed by atoms with van der Waals surface area (Å²) in [5.41, 5.74) is 0.787. The third-order valence-electron chi connectivity index (χ3n) is 1.94. The number of nitrogens with zero attached hydrogens (tertiary/aromatic N) is 1. The summed E-state index contributed by atoms with van der Waals surface area (Å²) in [6, 6.07) is 9.03. The van der Waals surface area contributed by atoms with E-state index in [1.54, 1.807) is 45.0 Å². The second-order valence-electron chi connectivity index (χ2n) is 4.85. The highest BCUT2D eigenvalue weighted by molar-refractivity contribution is 5.68. The molecule has 1 amide bonds. The molecule has 0 atom stereocenters. The maximum atomic E-state index is 11.3. The number of nitrogens with one attached hydrogen (secondary N) is 1. The summed E-state index contributed by atoms with van der Waals surface area (Å²) in [5, 5.41) is 11.3. The van der Waals surface area contributed by atoms with Crippen molar-refractivity contribution in [2.75, 3.05) is 6.54 Å². The minimum atomic E-state index is -0.515. The molecule has 1 aromatic carbocycles. The van der Waals surface area contributed by atoms with E-state index in [4.69, 9.17) is 10.00 Å². The summed E-state index contributed by atoms with van der Waals surface area (Å²) in [6.07, 6.45) is -0.493. The lowest BCUT2D eigenvalue weighted by Gasteiger charge is -2.18. The summed E-state index contributed by atoms with van der Waals surface area (Å²) >= 11 is 0. The van der Waals surface area contributed by atoms with Gasteiger partial charge < -0.3 is 10.1 Å². The smallest absolute Gasteiger partial charge is 0.408 e. The van der Waals surface area contributed by atoms with Crippen LogP contribution in [-0.4, -0.2) is 18.2 Å². The molecule has 0 saturated heterocycles. The Kier molecular flexibility index (Phi) is 4.97. The van der Waals surface area contributed by atoms with Gasteiger partial charge in [0.2, 0.25) is 0 Å². The minimum absolute atomic E-state index is 0.200. The van der Waals surface area contributed by atoms with E-state index < -0.39 is 11.7 Å². The van der Waals surface area contributed by atoms with Crippen molar-refractivity contribution in [2.45, 2.75) is 26.4 Å². The third kappa shape index (κ3) is 6.14. The number of rotatable bonds is 1. The van der Waals surface area contributed by atoms with Crippen molar-refractivity contribution in [3.8, 4) is 17.9 Å². The Labute approximate surface area is 113 Å². The number of alkyl carbamates (subject to hydrolysis) is 1. The molecule has 0 aliphatic rings. The fourth-order valence-electron chi connectivity index (χ4n) is 1.24. The Morgan fingerprint density at radius 1 is 1.37 bits per heavy atom. The zero-order chi connectivity index (χ0) is 14.3. The Morgan fingerprint density at radius 3 is 2.68 bits per heavy atom. The van der Waals surface area contributed by atoms with E-state index in [2.05, 4.69) is 17.2 Å². The zero-order valence-electron chi connectivity index (χ0n) is 11.3. The molecule has 0 aliphatic heterocycles. The molecule has 1 rings (SSSR count). The van der Waals surface area contributed by atoms with E-state index in [0.29, 0.717) is 5.56 Å². The predicted molar refractivity (Wildman–Crippen MR) is 72.3 cm³/mol. The highest BCUT2D eigenvalue weighted by Crippen LogP contribution is 2.06. The van der Waals surface area contributed by atoms with Crippen LogP contribution in [0, 0.1) is 23.2 Å². The van der Waals surface area contributed by atoms with Gasteiger partial charge in [-0.25, -0.2) is 4.79 Å². The van der Waals surface area contributed by atoms with E-state index in [0.717, 1.165) is 5.56 Å². The van der Waals surface area contributed by atoms with Crippen molar-refractivity contribution in [3.63, 3.8) is 0 Å². The van der Waals surface area contributed by atoms with Gasteiger partial charge in [-0.15, -0.1) is 0 Å². The van der Waals surface area contributed by atoms with Crippen LogP contribution in [0.5, 0.6) is 0 Å². The lowest BCUT2D eigenvalue weighted by Crippen LogP contribution is -2.32. The SMILES string of the molecule is CC(C)(C)OC(=O)NCC#Cc1cccc(C#N)c1. The fraction of sp³-hybridized carbons (Fsp3) is 0.333. The van der Waals surface area contributed by atoms with Crippen LogP contribution in [0.3, 0.4) is 0 Å². The monoisotopic (exact) mass is 256 g/mol. The Balaban J connectivity index is 2.48. The van der Waals surface area contributed by atoms with Crippen LogP contribution in [-0.2, 0) is 4.74 Å². The minimum Gasteiger partial charge on any atom is -0.444 e. The molecule has 0 radical (unpaired) electrons. The molecular formula is C15H16N2O2. The molecule has 0 aromatic heterocycles. The summed E-state index contributed by atoms with van der Waals surface area (Å²) in [6.45, 7) is 5.59. The van der Waals surface area contributed by atoms with Gasteiger partial charge in [-0.2, -0.15) is 5.26 Å². The topological polar surface area (TPSA) is 62.1 Å². The van der Waals surface area contributed by atoms with E-state index in [9.17, 15) is 4.79 Å². The summed E-state index contributed by atoms with van der Waals surface area (Å²) in [7, 11) is 0. The average Bonchev–Trinajstić information content (AvgIpc) is 2.33. The second-order valence-corrected chi connectivity index (χ2v) is 4.85. The molecule has 98 valence electrons. The van der Waals surface area contributed by atoms with Crippen molar-refractivity contribution in [1.29, 1.82) is 5.26 Å². The molecule has 0 spiro atoms. The van der Waals surface area contributed by atoms with Crippen LogP contribution in [0.25, 0.3) is 0 Å². The number of carbonyl (C=O) groups is 1. The number of benzene rings is 1. The second kappa shape index (κ2) is 6.47. The Hall–Kier alpha value is -2.46. The molecule has 1 N–H and O–H groups in total. The van der Waals surface area contributed by atoms with Crippen molar-refractivity contribution < 1.29 is 9.53 Å². The lowest BCUT2D eigenvalue weighted by atomic mass is 10.1. The van der Waals surface area contributed by atoms with Crippen LogP contribution in [0.2, 0.25) is 0 Å². The van der Waals surface area contributed by atoms with E-state index in [1.165, 1.54) is 0 Å². The number of ether oxygens (including phenoxy) is 1. The van der Waals surface area contributed by atoms with Crippen molar-refractivity contribution in [2.24, 2.45) is 0 Å². The number of carbonyl (C=O) groups excluding carboxylic acids is 1. The van der Waals surface area contributed by atoms with Gasteiger partial charge >= 0.3 is 6.09 Å². The molecule has 19 heavy (non-hydrogen) atoms. The largest absolute Gasteiger partial charge is 0.444 e. The van der Waals surface area contributed by atoms with Gasteiger partial charge in [0, 0.05) is 5.56 Å². The molecule has 0 bridgehead atoms. The lowest BCUT2D eigenvalue weighted by molar-refractivity contribution is 0.0535. The first kappa shape index (κ1) is 14.6. The number of amides is 1. The Bertz CT molecular complexity index is 554. The first-order chi connectivity index (χ1) is 8.90. The highest BCUT2D eigenvalue weighted by Gasteiger charge is 2.14. The van der Waals surface area contributed by atoms with Gasteiger partial charge in [0.15, 0.2) is 0 Å². The van der Waals surface area contributed by atoms with Crippen LogP contribution >= 0.6 is 0 Å². The van der Waals surface area contributed by atoms with Gasteiger partial charge in [-0.1, -0.05) is 17.9 Å². The standard InChI is InChI=1S/C15H16N2O2/c1-15(2,3)19-14(18)17-9-5-8-12-6-4-7-13(10-12)11-16/h4,6-7,10H,9H2,1-3H3,(H,17,18). The fourth-order valence-corrected chi connectivity index (χ4v) is 1.24. The van der Waals surface area contributed by atoms with E-state index >= 15 is 0 Å². The number of hydrogen-bond donors (Lipinski definition) is 1. The van der Waals surface area contributed by atoms with Gasteiger partial charge in [0.05, 0.1) is 18.2 Å². The van der Waals surface area contributed by atoms with Crippen LogP contribution in [0.15, 0.2) is 24.3 Å². The summed E-state index contributed by atoms with van der Waals surface area (Å²) in [4.78, 5) is 11.3. The normalized spacial score (nSPS) is 9.79. The van der Waals surface area contributed by atoms with Crippen molar-refractivity contribution in [1.82, 2.24) is 5.32 Å². The van der Waals surface area contributed by atoms with Crippen LogP contribution in [0.4, 0.5) is 4.79 Å². The van der Waals surface area contributed by atoms with Gasteiger partial charge in [0.25, 0.3) is 0 Å². The van der Waals surface area contributed by atoms with E-state index in [1.807, 2.05) is 6.07 Å². The van der Waals surface area contributed by atoms with Crippen LogP contribution < -0.4 is 5.32 Å². The molecule has 1 aromatic rings. The molecule has 0 aliphatic carbocycles. The summed E-state index contributed by atoms with van der Waals surface area (Å²) < 4.78 is 5.07. The maximum absolute atomic E-state index is 11.3. The first-order valence-electron chi connectivity index (χ1n) is 5.86. The maximum Gasteiger partial charge on any atom is 0.408 e. The quantitative estimate of drug-likeness (QED) is 0.785. The third-order valence-corrected chi connectivity index (χ3v) is 1.94. The number of hydrogen-bond acceptors (Lipinski definition) is 3. The van der Waals surface area contributed by atoms with Gasteiger partial charge in [0.1, 0.15) is 5.60 Å². The molecule has 4 heteroatoms. The number of nitriles is 1. The molecule has 0 saturated carbocycles. The summed E-state index contributed by atoms with van der Waals surface area (Å²) in [5.74, 6) is 5.66. The zero-order valence-corrected chi connectivity index (χ0v) is 11.3. The highest BCUT2D eigenvalue weighted by atomic mass is 16.6. The Morgan fingerprint density at radius 2 is 2.05 bits per heavy atom. The molecule has 0 unspecified atom stereocenters. The molecule has 0 fully saturated rings. The molecule has 0 heterocycles. The van der Waals surface area contributed by atoms with Crippen molar-refractivity contribution >= 4 is 6.09 Å². The molecule has 4 nitrogen and oxygen atoms in total.